The minimum absolute atomic E-state index is 0.201. The summed E-state index contributed by atoms with van der Waals surface area (Å²) in [6, 6.07) is 1.75. The zero-order valence-corrected chi connectivity index (χ0v) is 16.2. The van der Waals surface area contributed by atoms with Gasteiger partial charge in [-0.1, -0.05) is 0 Å². The van der Waals surface area contributed by atoms with Crippen molar-refractivity contribution < 1.29 is 27.4 Å². The van der Waals surface area contributed by atoms with E-state index < -0.39 is 18.4 Å². The number of hydrogen-bond acceptors (Lipinski definition) is 8. The zero-order valence-electron chi connectivity index (χ0n) is 16.2. The maximum atomic E-state index is 12.5. The van der Waals surface area contributed by atoms with E-state index >= 15 is 0 Å². The molecule has 2 aromatic rings. The van der Waals surface area contributed by atoms with Crippen molar-refractivity contribution in [3.8, 4) is 5.75 Å². The number of nitrogen functional groups attached to an aromatic ring is 1. The van der Waals surface area contributed by atoms with E-state index in [1.165, 1.54) is 23.5 Å². The van der Waals surface area contributed by atoms with Gasteiger partial charge >= 0.3 is 12.3 Å². The predicted octanol–water partition coefficient (Wildman–Crippen LogP) is 2.24. The van der Waals surface area contributed by atoms with E-state index in [-0.39, 0.29) is 19.7 Å². The summed E-state index contributed by atoms with van der Waals surface area (Å²) in [5.41, 5.74) is 7.13. The van der Waals surface area contributed by atoms with Crippen LogP contribution in [0, 0.1) is 0 Å². The van der Waals surface area contributed by atoms with Gasteiger partial charge in [0.15, 0.2) is 11.9 Å². The Hall–Kier alpha value is -3.31. The molecule has 2 N–H and O–H groups in total. The van der Waals surface area contributed by atoms with Gasteiger partial charge in [0.05, 0.1) is 24.3 Å². The van der Waals surface area contributed by atoms with Crippen molar-refractivity contribution in [1.29, 1.82) is 0 Å². The summed E-state index contributed by atoms with van der Waals surface area (Å²) in [6.07, 6.45) is -1.53. The van der Waals surface area contributed by atoms with E-state index in [0.717, 1.165) is 12.5 Å². The number of halogens is 3. The number of nitrogens with two attached hydrogens (primary N) is 1. The van der Waals surface area contributed by atoms with Gasteiger partial charge in [0.2, 0.25) is 5.95 Å². The smallest absolute Gasteiger partial charge is 0.425 e. The minimum Gasteiger partial charge on any atom is -0.486 e. The Balaban J connectivity index is 1.49. The van der Waals surface area contributed by atoms with Crippen LogP contribution in [-0.2, 0) is 11.3 Å². The molecular weight excluding hydrogens is 405 g/mol. The van der Waals surface area contributed by atoms with E-state index in [0.29, 0.717) is 30.5 Å². The first-order valence-electron chi connectivity index (χ1n) is 9.14. The molecule has 2 aromatic heterocycles. The van der Waals surface area contributed by atoms with Crippen LogP contribution in [0.2, 0.25) is 0 Å². The number of carbonyl (C=O) groups is 1. The minimum atomic E-state index is -4.59. The van der Waals surface area contributed by atoms with Crippen molar-refractivity contribution >= 4 is 17.7 Å². The molecule has 1 aliphatic heterocycles. The second kappa shape index (κ2) is 9.01. The second-order valence-electron chi connectivity index (χ2n) is 6.62. The number of amides is 1. The first-order chi connectivity index (χ1) is 14.2. The highest BCUT2D eigenvalue weighted by Gasteiger charge is 2.40. The topological polar surface area (TPSA) is 107 Å². The second-order valence-corrected chi connectivity index (χ2v) is 6.62. The van der Waals surface area contributed by atoms with Crippen LogP contribution in [0.15, 0.2) is 30.9 Å². The number of hydrogen-bond donors (Lipinski definition) is 1. The molecule has 9 nitrogen and oxygen atoms in total. The lowest BCUT2D eigenvalue weighted by Crippen LogP contribution is -2.50. The van der Waals surface area contributed by atoms with Gasteiger partial charge in [0.1, 0.15) is 6.61 Å². The third kappa shape index (κ3) is 5.39. The highest BCUT2D eigenvalue weighted by molar-refractivity contribution is 5.68. The Morgan fingerprint density at radius 2 is 1.87 bits per heavy atom. The van der Waals surface area contributed by atoms with Gasteiger partial charge < -0.3 is 25.0 Å². The van der Waals surface area contributed by atoms with Gasteiger partial charge in [0.25, 0.3) is 0 Å². The van der Waals surface area contributed by atoms with Crippen LogP contribution in [0.4, 0.5) is 29.6 Å². The fourth-order valence-electron chi connectivity index (χ4n) is 2.66. The molecule has 1 atom stereocenters. The van der Waals surface area contributed by atoms with Gasteiger partial charge in [-0.25, -0.2) is 14.8 Å². The number of alkyl halides is 3. The average Bonchev–Trinajstić information content (AvgIpc) is 2.73. The van der Waals surface area contributed by atoms with E-state index in [1.54, 1.807) is 12.3 Å². The SMILES string of the molecule is CC(OC(=O)N1CCN(c2ncc(OCc3ccncc3N)cn2)CC1)C(F)(F)F. The van der Waals surface area contributed by atoms with Gasteiger partial charge in [-0.05, 0) is 13.0 Å². The quantitative estimate of drug-likeness (QED) is 0.776. The number of ether oxygens (including phenoxy) is 2. The summed E-state index contributed by atoms with van der Waals surface area (Å²) in [5.74, 6) is 0.890. The number of nitrogens with zero attached hydrogens (tertiary/aromatic N) is 5. The molecule has 1 unspecified atom stereocenters. The first kappa shape index (κ1) is 21.4. The molecule has 0 saturated carbocycles. The molecule has 0 spiro atoms. The van der Waals surface area contributed by atoms with Crippen molar-refractivity contribution in [2.75, 3.05) is 36.8 Å². The van der Waals surface area contributed by atoms with E-state index in [2.05, 4.69) is 19.7 Å². The van der Waals surface area contributed by atoms with Gasteiger partial charge in [0, 0.05) is 37.9 Å². The van der Waals surface area contributed by atoms with Crippen LogP contribution in [-0.4, -0.2) is 64.4 Å². The first-order valence-corrected chi connectivity index (χ1v) is 9.14. The van der Waals surface area contributed by atoms with E-state index in [9.17, 15) is 18.0 Å². The molecule has 0 aromatic carbocycles. The van der Waals surface area contributed by atoms with Crippen LogP contribution in [0.3, 0.4) is 0 Å². The van der Waals surface area contributed by atoms with Crippen LogP contribution < -0.4 is 15.4 Å². The Kier molecular flexibility index (Phi) is 6.43. The van der Waals surface area contributed by atoms with Gasteiger partial charge in [-0.3, -0.25) is 4.98 Å². The standard InChI is InChI=1S/C18H21F3N6O3/c1-12(18(19,20)21)30-17(28)27-6-4-26(5-7-27)16-24-8-14(9-25-16)29-11-13-2-3-23-10-15(13)22/h2-3,8-10,12H,4-7,11,22H2,1H3. The normalized spacial score (nSPS) is 15.6. The molecule has 0 aliphatic carbocycles. The van der Waals surface area contributed by atoms with Crippen molar-refractivity contribution in [1.82, 2.24) is 19.9 Å². The molecule has 1 fully saturated rings. The number of pyridine rings is 1. The Bertz CT molecular complexity index is 857. The zero-order chi connectivity index (χ0) is 21.7. The summed E-state index contributed by atoms with van der Waals surface area (Å²) in [5, 5.41) is 0. The molecular formula is C18H21F3N6O3. The maximum absolute atomic E-state index is 12.5. The van der Waals surface area contributed by atoms with Crippen LogP contribution in [0.1, 0.15) is 12.5 Å². The molecule has 1 saturated heterocycles. The average molecular weight is 426 g/mol. The molecule has 1 amide bonds. The molecule has 0 bridgehead atoms. The Morgan fingerprint density at radius 1 is 1.20 bits per heavy atom. The maximum Gasteiger partial charge on any atom is 0.425 e. The third-order valence-corrected chi connectivity index (χ3v) is 4.51. The largest absolute Gasteiger partial charge is 0.486 e. The summed E-state index contributed by atoms with van der Waals surface area (Å²) < 4.78 is 47.7. The summed E-state index contributed by atoms with van der Waals surface area (Å²) in [6.45, 7) is 2.17. The molecule has 12 heteroatoms. The fraction of sp³-hybridized carbons (Fsp3) is 0.444. The number of anilines is 2. The van der Waals surface area contributed by atoms with Gasteiger partial charge in [-0.15, -0.1) is 0 Å². The lowest BCUT2D eigenvalue weighted by Gasteiger charge is -2.34. The number of aromatic nitrogens is 3. The highest BCUT2D eigenvalue weighted by Crippen LogP contribution is 2.23. The molecule has 3 heterocycles. The van der Waals surface area contributed by atoms with Crippen LogP contribution in [0.5, 0.6) is 5.75 Å². The lowest BCUT2D eigenvalue weighted by molar-refractivity contribution is -0.199. The number of piperazine rings is 1. The third-order valence-electron chi connectivity index (χ3n) is 4.51. The van der Waals surface area contributed by atoms with Crippen molar-refractivity contribution in [2.24, 2.45) is 0 Å². The van der Waals surface area contributed by atoms with E-state index in [1.807, 2.05) is 4.90 Å². The monoisotopic (exact) mass is 426 g/mol. The summed E-state index contributed by atoms with van der Waals surface area (Å²) >= 11 is 0. The predicted molar refractivity (Wildman–Crippen MR) is 101 cm³/mol. The lowest BCUT2D eigenvalue weighted by atomic mass is 10.2. The number of rotatable bonds is 5. The molecule has 1 aliphatic rings. The Morgan fingerprint density at radius 3 is 2.47 bits per heavy atom. The molecule has 0 radical (unpaired) electrons. The van der Waals surface area contributed by atoms with E-state index in [4.69, 9.17) is 10.5 Å². The molecule has 3 rings (SSSR count). The van der Waals surface area contributed by atoms with Crippen molar-refractivity contribution in [3.05, 3.63) is 36.4 Å². The fourth-order valence-corrected chi connectivity index (χ4v) is 2.66. The van der Waals surface area contributed by atoms with Crippen LogP contribution >= 0.6 is 0 Å². The highest BCUT2D eigenvalue weighted by atomic mass is 19.4. The van der Waals surface area contributed by atoms with Crippen molar-refractivity contribution in [3.63, 3.8) is 0 Å². The summed E-state index contributed by atoms with van der Waals surface area (Å²) in [4.78, 5) is 27.3. The Labute approximate surface area is 170 Å². The molecule has 30 heavy (non-hydrogen) atoms. The van der Waals surface area contributed by atoms with Crippen LogP contribution in [0.25, 0.3) is 0 Å². The summed E-state index contributed by atoms with van der Waals surface area (Å²) in [7, 11) is 0. The molecule has 162 valence electrons. The van der Waals surface area contributed by atoms with Crippen molar-refractivity contribution in [2.45, 2.75) is 25.8 Å². The number of carbonyl (C=O) groups excluding carboxylic acids is 1. The van der Waals surface area contributed by atoms with Gasteiger partial charge in [-0.2, -0.15) is 13.2 Å².